The smallest absolute Gasteiger partial charge is 0.165 e. The molecule has 0 aliphatic carbocycles. The Morgan fingerprint density at radius 1 is 0.929 bits per heavy atom. The van der Waals surface area contributed by atoms with Crippen LogP contribution in [0.3, 0.4) is 0 Å². The van der Waals surface area contributed by atoms with E-state index in [0.29, 0.717) is 19.8 Å². The average molecular weight is 374 g/mol. The van der Waals surface area contributed by atoms with Gasteiger partial charge in [0.1, 0.15) is 5.82 Å². The number of hydrogen-bond donors (Lipinski definition) is 2. The highest BCUT2D eigenvalue weighted by Crippen LogP contribution is 2.28. The number of nitrogens with one attached hydrogen (secondary N) is 1. The second kappa shape index (κ2) is 8.65. The zero-order valence-corrected chi connectivity index (χ0v) is 15.5. The van der Waals surface area contributed by atoms with E-state index >= 15 is 0 Å². The van der Waals surface area contributed by atoms with E-state index in [1.807, 2.05) is 65.3 Å². The Morgan fingerprint density at radius 3 is 2.36 bits per heavy atom. The lowest BCUT2D eigenvalue weighted by atomic mass is 10.1. The summed E-state index contributed by atoms with van der Waals surface area (Å²) in [6.45, 7) is 1.46. The zero-order valence-electron chi connectivity index (χ0n) is 15.5. The summed E-state index contributed by atoms with van der Waals surface area (Å²) in [4.78, 5) is 4.90. The molecule has 4 rings (SSSR count). The van der Waals surface area contributed by atoms with Gasteiger partial charge in [0.25, 0.3) is 0 Å². The molecule has 0 unspecified atom stereocenters. The molecule has 2 heterocycles. The fraction of sp³-hybridized carbons (Fsp3) is 0.182. The van der Waals surface area contributed by atoms with Crippen molar-refractivity contribution in [3.8, 4) is 22.4 Å². The normalized spacial score (nSPS) is 11.0. The van der Waals surface area contributed by atoms with Crippen molar-refractivity contribution in [1.82, 2.24) is 14.6 Å². The van der Waals surface area contributed by atoms with E-state index in [4.69, 9.17) is 14.8 Å². The number of rotatable bonds is 8. The van der Waals surface area contributed by atoms with Gasteiger partial charge in [0.2, 0.25) is 0 Å². The van der Waals surface area contributed by atoms with Crippen molar-refractivity contribution in [2.45, 2.75) is 0 Å². The predicted molar refractivity (Wildman–Crippen MR) is 110 cm³/mol. The van der Waals surface area contributed by atoms with E-state index in [-0.39, 0.29) is 6.61 Å². The molecule has 0 atom stereocenters. The average Bonchev–Trinajstić information content (AvgIpc) is 3.19. The Labute approximate surface area is 163 Å². The number of aliphatic hydroxyl groups is 1. The Bertz CT molecular complexity index is 1030. The first-order valence-electron chi connectivity index (χ1n) is 9.29. The van der Waals surface area contributed by atoms with Crippen LogP contribution in [0.5, 0.6) is 0 Å². The summed E-state index contributed by atoms with van der Waals surface area (Å²) in [5.74, 6) is 0.846. The Hall–Kier alpha value is -3.22. The van der Waals surface area contributed by atoms with E-state index in [1.165, 1.54) is 0 Å². The van der Waals surface area contributed by atoms with Gasteiger partial charge >= 0.3 is 0 Å². The van der Waals surface area contributed by atoms with Crippen molar-refractivity contribution in [2.75, 3.05) is 31.7 Å². The lowest BCUT2D eigenvalue weighted by Crippen LogP contribution is -2.14. The van der Waals surface area contributed by atoms with Gasteiger partial charge in [-0.05, 0) is 5.56 Å². The van der Waals surface area contributed by atoms with E-state index in [0.717, 1.165) is 33.8 Å². The van der Waals surface area contributed by atoms with Crippen LogP contribution < -0.4 is 5.32 Å². The summed E-state index contributed by atoms with van der Waals surface area (Å²) in [6.07, 6.45) is 1.85. The number of benzene rings is 2. The van der Waals surface area contributed by atoms with E-state index in [2.05, 4.69) is 22.5 Å². The maximum Gasteiger partial charge on any atom is 0.165 e. The van der Waals surface area contributed by atoms with Crippen LogP contribution in [-0.2, 0) is 4.74 Å². The lowest BCUT2D eigenvalue weighted by Gasteiger charge is -2.11. The van der Waals surface area contributed by atoms with Crippen LogP contribution >= 0.6 is 0 Å². The highest BCUT2D eigenvalue weighted by atomic mass is 16.5. The van der Waals surface area contributed by atoms with Crippen LogP contribution in [0.4, 0.5) is 5.82 Å². The molecule has 0 saturated heterocycles. The van der Waals surface area contributed by atoms with Crippen molar-refractivity contribution in [3.05, 3.63) is 72.9 Å². The van der Waals surface area contributed by atoms with E-state index < -0.39 is 0 Å². The lowest BCUT2D eigenvalue weighted by molar-refractivity contribution is 0.0991. The monoisotopic (exact) mass is 374 g/mol. The number of fused-ring (bicyclic) bond motifs is 1. The highest BCUT2D eigenvalue weighted by Gasteiger charge is 2.13. The number of aliphatic hydroxyl groups excluding tert-OH is 1. The molecule has 2 N–H and O–H groups in total. The second-order valence-electron chi connectivity index (χ2n) is 6.32. The van der Waals surface area contributed by atoms with Crippen LogP contribution in [0.2, 0.25) is 0 Å². The van der Waals surface area contributed by atoms with Gasteiger partial charge in [-0.1, -0.05) is 60.7 Å². The van der Waals surface area contributed by atoms with Crippen molar-refractivity contribution in [2.24, 2.45) is 0 Å². The summed E-state index contributed by atoms with van der Waals surface area (Å²) >= 11 is 0. The fourth-order valence-electron chi connectivity index (χ4n) is 3.08. The number of hydrogen-bond acceptors (Lipinski definition) is 5. The minimum absolute atomic E-state index is 0.0250. The highest BCUT2D eigenvalue weighted by molar-refractivity contribution is 5.80. The molecule has 0 fully saturated rings. The Morgan fingerprint density at radius 2 is 1.64 bits per heavy atom. The van der Waals surface area contributed by atoms with Crippen LogP contribution in [0.1, 0.15) is 0 Å². The van der Waals surface area contributed by atoms with Crippen LogP contribution in [0.15, 0.2) is 72.9 Å². The number of nitrogens with zero attached hydrogens (tertiary/aromatic N) is 3. The molecule has 0 radical (unpaired) electrons. The number of aromatic nitrogens is 3. The molecule has 0 amide bonds. The van der Waals surface area contributed by atoms with Gasteiger partial charge in [-0.25, -0.2) is 4.98 Å². The summed E-state index contributed by atoms with van der Waals surface area (Å²) in [7, 11) is 0. The molecule has 2 aromatic carbocycles. The van der Waals surface area contributed by atoms with Crippen molar-refractivity contribution >= 4 is 11.5 Å². The Kier molecular flexibility index (Phi) is 5.61. The summed E-state index contributed by atoms with van der Waals surface area (Å²) in [5.41, 5.74) is 4.78. The third-order valence-corrected chi connectivity index (χ3v) is 4.41. The van der Waals surface area contributed by atoms with Gasteiger partial charge in [0.05, 0.1) is 31.7 Å². The van der Waals surface area contributed by atoms with Gasteiger partial charge in [-0.2, -0.15) is 9.61 Å². The summed E-state index contributed by atoms with van der Waals surface area (Å²) in [5, 5.41) is 16.8. The molecule has 6 heteroatoms. The van der Waals surface area contributed by atoms with Gasteiger partial charge in [0.15, 0.2) is 5.65 Å². The molecule has 142 valence electrons. The Balaban J connectivity index is 1.75. The number of anilines is 1. The van der Waals surface area contributed by atoms with E-state index in [1.54, 1.807) is 0 Å². The molecule has 0 saturated carbocycles. The third kappa shape index (κ3) is 3.88. The van der Waals surface area contributed by atoms with Gasteiger partial charge in [-0.15, -0.1) is 0 Å². The quantitative estimate of drug-likeness (QED) is 0.462. The molecular formula is C22H22N4O2. The van der Waals surface area contributed by atoms with Gasteiger partial charge in [0, 0.05) is 23.7 Å². The molecule has 6 nitrogen and oxygen atoms in total. The van der Waals surface area contributed by atoms with Crippen LogP contribution in [0.25, 0.3) is 28.0 Å². The molecule has 0 aliphatic heterocycles. The fourth-order valence-corrected chi connectivity index (χ4v) is 3.08. The van der Waals surface area contributed by atoms with Crippen molar-refractivity contribution in [1.29, 1.82) is 0 Å². The maximum absolute atomic E-state index is 8.83. The molecular weight excluding hydrogens is 352 g/mol. The standard InChI is InChI=1S/C22H22N4O2/c27-12-14-28-13-11-23-21-15-20(18-9-5-2-6-10-18)25-22-19(16-24-26(21)22)17-7-3-1-4-8-17/h1-10,15-16,23,27H,11-14H2. The SMILES string of the molecule is OCCOCCNc1cc(-c2ccccc2)nc2c(-c3ccccc3)cnn12. The maximum atomic E-state index is 8.83. The molecule has 0 bridgehead atoms. The minimum Gasteiger partial charge on any atom is -0.394 e. The molecule has 4 aromatic rings. The predicted octanol–water partition coefficient (Wildman–Crippen LogP) is 3.48. The zero-order chi connectivity index (χ0) is 19.2. The molecule has 0 spiro atoms. The molecule has 2 aromatic heterocycles. The minimum atomic E-state index is 0.0250. The second-order valence-corrected chi connectivity index (χ2v) is 6.32. The summed E-state index contributed by atoms with van der Waals surface area (Å²) < 4.78 is 7.17. The first-order valence-corrected chi connectivity index (χ1v) is 9.29. The van der Waals surface area contributed by atoms with E-state index in [9.17, 15) is 0 Å². The summed E-state index contributed by atoms with van der Waals surface area (Å²) in [6, 6.07) is 22.2. The number of ether oxygens (including phenoxy) is 1. The van der Waals surface area contributed by atoms with Crippen molar-refractivity contribution in [3.63, 3.8) is 0 Å². The van der Waals surface area contributed by atoms with Gasteiger partial charge in [-0.3, -0.25) is 0 Å². The van der Waals surface area contributed by atoms with Gasteiger partial charge < -0.3 is 15.2 Å². The van der Waals surface area contributed by atoms with Crippen LogP contribution in [-0.4, -0.2) is 46.1 Å². The first kappa shape index (κ1) is 18.2. The van der Waals surface area contributed by atoms with Crippen LogP contribution in [0, 0.1) is 0 Å². The first-order chi connectivity index (χ1) is 13.9. The molecule has 0 aliphatic rings. The third-order valence-electron chi connectivity index (χ3n) is 4.41. The molecule has 28 heavy (non-hydrogen) atoms. The largest absolute Gasteiger partial charge is 0.394 e. The topological polar surface area (TPSA) is 71.7 Å². The van der Waals surface area contributed by atoms with Crippen molar-refractivity contribution < 1.29 is 9.84 Å².